The highest BCUT2D eigenvalue weighted by atomic mass is 19.4. The Morgan fingerprint density at radius 2 is 1.26 bits per heavy atom. The van der Waals surface area contributed by atoms with Gasteiger partial charge in [0.1, 0.15) is 6.42 Å². The Labute approximate surface area is 134 Å². The quantitative estimate of drug-likeness (QED) is 0.785. The molecule has 0 radical (unpaired) electrons. The fourth-order valence-corrected chi connectivity index (χ4v) is 3.05. The lowest BCUT2D eigenvalue weighted by atomic mass is 10.2. The number of alkyl halides is 3. The molecule has 0 bridgehead atoms. The standard InChI is InChI=1S/C15H24F3N3O2/c16-15(17,18)11-13(22)21-9-7-19(8-10-21)12-14(23)20-5-3-1-2-4-6-20/h1-12H2. The molecule has 5 nitrogen and oxygen atoms in total. The number of hydrogen-bond donors (Lipinski definition) is 0. The van der Waals surface area contributed by atoms with Crippen LogP contribution in [-0.4, -0.2) is 78.5 Å². The van der Waals surface area contributed by atoms with E-state index < -0.39 is 18.5 Å². The van der Waals surface area contributed by atoms with Crippen molar-refractivity contribution in [3.63, 3.8) is 0 Å². The highest BCUT2D eigenvalue weighted by Gasteiger charge is 2.34. The largest absolute Gasteiger partial charge is 0.397 e. The molecule has 2 aliphatic rings. The molecule has 2 fully saturated rings. The molecule has 8 heteroatoms. The first-order valence-electron chi connectivity index (χ1n) is 8.20. The van der Waals surface area contributed by atoms with E-state index in [0.717, 1.165) is 38.8 Å². The van der Waals surface area contributed by atoms with Crippen molar-refractivity contribution in [1.29, 1.82) is 0 Å². The van der Waals surface area contributed by atoms with Crippen LogP contribution < -0.4 is 0 Å². The van der Waals surface area contributed by atoms with Crippen molar-refractivity contribution >= 4 is 11.8 Å². The maximum atomic E-state index is 12.3. The van der Waals surface area contributed by atoms with E-state index >= 15 is 0 Å². The van der Waals surface area contributed by atoms with Crippen molar-refractivity contribution < 1.29 is 22.8 Å². The molecule has 2 heterocycles. The Kier molecular flexibility index (Phi) is 6.26. The molecule has 0 N–H and O–H groups in total. The van der Waals surface area contributed by atoms with Crippen LogP contribution in [0.3, 0.4) is 0 Å². The molecule has 0 aromatic heterocycles. The van der Waals surface area contributed by atoms with Gasteiger partial charge < -0.3 is 9.80 Å². The lowest BCUT2D eigenvalue weighted by Crippen LogP contribution is -2.52. The van der Waals surface area contributed by atoms with Gasteiger partial charge in [0.25, 0.3) is 0 Å². The second kappa shape index (κ2) is 7.99. The number of hydrogen-bond acceptors (Lipinski definition) is 3. The van der Waals surface area contributed by atoms with Crippen LogP contribution in [0, 0.1) is 0 Å². The summed E-state index contributed by atoms with van der Waals surface area (Å²) in [5, 5.41) is 0. The summed E-state index contributed by atoms with van der Waals surface area (Å²) in [5.41, 5.74) is 0. The minimum atomic E-state index is -4.46. The van der Waals surface area contributed by atoms with Crippen LogP contribution in [0.5, 0.6) is 0 Å². The Bertz CT molecular complexity index is 413. The Hall–Kier alpha value is -1.31. The van der Waals surface area contributed by atoms with Crippen LogP contribution in [0.1, 0.15) is 32.1 Å². The van der Waals surface area contributed by atoms with Gasteiger partial charge in [0.05, 0.1) is 6.54 Å². The number of nitrogens with zero attached hydrogens (tertiary/aromatic N) is 3. The van der Waals surface area contributed by atoms with Crippen molar-refractivity contribution in [2.75, 3.05) is 45.8 Å². The van der Waals surface area contributed by atoms with E-state index in [1.807, 2.05) is 9.80 Å². The van der Waals surface area contributed by atoms with Gasteiger partial charge in [-0.1, -0.05) is 12.8 Å². The van der Waals surface area contributed by atoms with Crippen molar-refractivity contribution in [2.45, 2.75) is 38.3 Å². The summed E-state index contributed by atoms with van der Waals surface area (Å²) >= 11 is 0. The van der Waals surface area contributed by atoms with Gasteiger partial charge in [-0.3, -0.25) is 14.5 Å². The maximum Gasteiger partial charge on any atom is 0.397 e. The van der Waals surface area contributed by atoms with Crippen LogP contribution in [0.15, 0.2) is 0 Å². The number of halogens is 3. The van der Waals surface area contributed by atoms with Gasteiger partial charge in [0, 0.05) is 39.3 Å². The van der Waals surface area contributed by atoms with Crippen LogP contribution in [0.4, 0.5) is 13.2 Å². The molecular weight excluding hydrogens is 311 g/mol. The minimum Gasteiger partial charge on any atom is -0.342 e. The van der Waals surface area contributed by atoms with Gasteiger partial charge in [0.15, 0.2) is 0 Å². The summed E-state index contributed by atoms with van der Waals surface area (Å²) in [6.07, 6.45) is -1.48. The number of carbonyl (C=O) groups excluding carboxylic acids is 2. The van der Waals surface area contributed by atoms with Crippen molar-refractivity contribution in [1.82, 2.24) is 14.7 Å². The van der Waals surface area contributed by atoms with Crippen LogP contribution in [0.25, 0.3) is 0 Å². The first kappa shape index (κ1) is 18.0. The average molecular weight is 335 g/mol. The van der Waals surface area contributed by atoms with E-state index in [4.69, 9.17) is 0 Å². The Balaban J connectivity index is 1.73. The monoisotopic (exact) mass is 335 g/mol. The van der Waals surface area contributed by atoms with Gasteiger partial charge in [-0.15, -0.1) is 0 Å². The molecule has 2 amide bonds. The molecule has 0 aromatic carbocycles. The second-order valence-electron chi connectivity index (χ2n) is 6.24. The summed E-state index contributed by atoms with van der Waals surface area (Å²) < 4.78 is 36.7. The van der Waals surface area contributed by atoms with Gasteiger partial charge in [-0.05, 0) is 12.8 Å². The van der Waals surface area contributed by atoms with E-state index in [1.54, 1.807) is 0 Å². The zero-order chi connectivity index (χ0) is 16.9. The average Bonchev–Trinajstić information content (AvgIpc) is 2.75. The van der Waals surface area contributed by atoms with Crippen LogP contribution in [-0.2, 0) is 9.59 Å². The molecule has 2 saturated heterocycles. The molecule has 2 rings (SSSR count). The zero-order valence-electron chi connectivity index (χ0n) is 13.3. The van der Waals surface area contributed by atoms with E-state index in [9.17, 15) is 22.8 Å². The molecule has 0 atom stereocenters. The van der Waals surface area contributed by atoms with E-state index in [-0.39, 0.29) is 19.0 Å². The molecule has 132 valence electrons. The molecule has 0 saturated carbocycles. The Morgan fingerprint density at radius 3 is 1.78 bits per heavy atom. The fourth-order valence-electron chi connectivity index (χ4n) is 3.05. The molecular formula is C15H24F3N3O2. The third-order valence-electron chi connectivity index (χ3n) is 4.39. The van der Waals surface area contributed by atoms with Gasteiger partial charge in [0.2, 0.25) is 11.8 Å². The fraction of sp³-hybridized carbons (Fsp3) is 0.867. The highest BCUT2D eigenvalue weighted by Crippen LogP contribution is 2.21. The number of carbonyl (C=O) groups is 2. The molecule has 2 aliphatic heterocycles. The Morgan fingerprint density at radius 1 is 0.739 bits per heavy atom. The highest BCUT2D eigenvalue weighted by molar-refractivity contribution is 5.78. The first-order valence-corrected chi connectivity index (χ1v) is 8.20. The van der Waals surface area contributed by atoms with Gasteiger partial charge in [-0.2, -0.15) is 13.2 Å². The third-order valence-corrected chi connectivity index (χ3v) is 4.39. The number of likely N-dealkylation sites (tertiary alicyclic amines) is 1. The SMILES string of the molecule is O=C(CN1CCN(C(=O)CC(F)(F)F)CC1)N1CCCCCC1. The lowest BCUT2D eigenvalue weighted by Gasteiger charge is -2.35. The van der Waals surface area contributed by atoms with Crippen LogP contribution in [0.2, 0.25) is 0 Å². The predicted octanol–water partition coefficient (Wildman–Crippen LogP) is 1.49. The summed E-state index contributed by atoms with van der Waals surface area (Å²) in [6, 6.07) is 0. The minimum absolute atomic E-state index is 0.0852. The summed E-state index contributed by atoms with van der Waals surface area (Å²) in [5.74, 6) is -0.794. The number of rotatable bonds is 3. The topological polar surface area (TPSA) is 43.9 Å². The number of amides is 2. The zero-order valence-corrected chi connectivity index (χ0v) is 13.3. The van der Waals surface area contributed by atoms with E-state index in [0.29, 0.717) is 19.6 Å². The predicted molar refractivity (Wildman–Crippen MR) is 78.7 cm³/mol. The second-order valence-corrected chi connectivity index (χ2v) is 6.24. The summed E-state index contributed by atoms with van der Waals surface area (Å²) in [4.78, 5) is 28.9. The van der Waals surface area contributed by atoms with Gasteiger partial charge >= 0.3 is 6.18 Å². The van der Waals surface area contributed by atoms with E-state index in [1.165, 1.54) is 4.90 Å². The van der Waals surface area contributed by atoms with Crippen LogP contribution >= 0.6 is 0 Å². The molecule has 0 aliphatic carbocycles. The van der Waals surface area contributed by atoms with E-state index in [2.05, 4.69) is 0 Å². The smallest absolute Gasteiger partial charge is 0.342 e. The lowest BCUT2D eigenvalue weighted by molar-refractivity contribution is -0.162. The first-order chi connectivity index (χ1) is 10.8. The van der Waals surface area contributed by atoms with Crippen molar-refractivity contribution in [3.8, 4) is 0 Å². The van der Waals surface area contributed by atoms with Gasteiger partial charge in [-0.25, -0.2) is 0 Å². The normalized spacial score (nSPS) is 21.2. The molecule has 23 heavy (non-hydrogen) atoms. The maximum absolute atomic E-state index is 12.3. The molecule has 0 unspecified atom stereocenters. The molecule has 0 spiro atoms. The van der Waals surface area contributed by atoms with Crippen molar-refractivity contribution in [3.05, 3.63) is 0 Å². The summed E-state index contributed by atoms with van der Waals surface area (Å²) in [7, 11) is 0. The van der Waals surface area contributed by atoms with Crippen molar-refractivity contribution in [2.24, 2.45) is 0 Å². The molecule has 0 aromatic rings. The third kappa shape index (κ3) is 6.01. The number of piperazine rings is 1. The summed E-state index contributed by atoms with van der Waals surface area (Å²) in [6.45, 7) is 3.28.